The summed E-state index contributed by atoms with van der Waals surface area (Å²) in [6.07, 6.45) is 0. The van der Waals surface area contributed by atoms with Gasteiger partial charge in [0.05, 0.1) is 10.4 Å². The minimum atomic E-state index is -3.61. The lowest BCUT2D eigenvalue weighted by molar-refractivity contribution is 0.527. The average molecular weight is 313 g/mol. The maximum Gasteiger partial charge on any atom is 0.419 e. The van der Waals surface area contributed by atoms with Crippen molar-refractivity contribution in [3.8, 4) is 0 Å². The Kier molecular flexibility index (Phi) is 4.50. The van der Waals surface area contributed by atoms with Gasteiger partial charge >= 0.3 is 5.76 Å². The molecule has 1 aromatic heterocycles. The lowest BCUT2D eigenvalue weighted by atomic mass is 10.3. The summed E-state index contributed by atoms with van der Waals surface area (Å²) in [7, 11) is -2.05. The molecule has 7 nitrogen and oxygen atoms in total. The molecular weight excluding hydrogens is 294 g/mol. The van der Waals surface area contributed by atoms with E-state index in [9.17, 15) is 13.2 Å². The number of aryl methyl sites for hydroxylation is 1. The van der Waals surface area contributed by atoms with E-state index < -0.39 is 15.8 Å². The van der Waals surface area contributed by atoms with E-state index in [1.807, 2.05) is 13.8 Å². The van der Waals surface area contributed by atoms with E-state index in [-0.39, 0.29) is 17.0 Å². The minimum absolute atomic E-state index is 0.0777. The van der Waals surface area contributed by atoms with Crippen molar-refractivity contribution in [2.75, 3.05) is 13.1 Å². The molecule has 2 rings (SSSR count). The molecular formula is C13H19N3O4S. The quantitative estimate of drug-likeness (QED) is 0.753. The number of hydrogen-bond donors (Lipinski definition) is 2. The van der Waals surface area contributed by atoms with Gasteiger partial charge in [0.25, 0.3) is 0 Å². The van der Waals surface area contributed by atoms with Crippen LogP contribution in [0.1, 0.15) is 13.8 Å². The van der Waals surface area contributed by atoms with Crippen molar-refractivity contribution in [1.29, 1.82) is 0 Å². The van der Waals surface area contributed by atoms with Crippen molar-refractivity contribution in [3.63, 3.8) is 0 Å². The summed E-state index contributed by atoms with van der Waals surface area (Å²) in [5.74, 6) is -0.520. The van der Waals surface area contributed by atoms with E-state index in [0.29, 0.717) is 18.1 Å². The van der Waals surface area contributed by atoms with Crippen molar-refractivity contribution in [3.05, 3.63) is 28.7 Å². The van der Waals surface area contributed by atoms with Gasteiger partial charge in [-0.2, -0.15) is 0 Å². The first-order chi connectivity index (χ1) is 9.81. The van der Waals surface area contributed by atoms with Crippen LogP contribution in [0.3, 0.4) is 0 Å². The molecule has 0 atom stereocenters. The van der Waals surface area contributed by atoms with Crippen LogP contribution in [-0.2, 0) is 17.1 Å². The highest BCUT2D eigenvalue weighted by Gasteiger charge is 2.16. The van der Waals surface area contributed by atoms with Gasteiger partial charge in [-0.05, 0) is 12.1 Å². The Hall–Kier alpha value is -1.64. The van der Waals surface area contributed by atoms with Gasteiger partial charge in [-0.1, -0.05) is 13.8 Å². The van der Waals surface area contributed by atoms with Gasteiger partial charge in [-0.25, -0.2) is 17.9 Å². The number of nitrogens with one attached hydrogen (secondary N) is 2. The van der Waals surface area contributed by atoms with Crippen molar-refractivity contribution in [2.45, 2.75) is 24.8 Å². The Labute approximate surface area is 123 Å². The number of hydrogen-bond acceptors (Lipinski definition) is 5. The fourth-order valence-corrected chi connectivity index (χ4v) is 2.96. The second-order valence-electron chi connectivity index (χ2n) is 5.06. The molecule has 116 valence electrons. The molecule has 0 unspecified atom stereocenters. The second kappa shape index (κ2) is 6.00. The maximum absolute atomic E-state index is 12.1. The molecule has 1 heterocycles. The van der Waals surface area contributed by atoms with Crippen LogP contribution in [0.5, 0.6) is 0 Å². The van der Waals surface area contributed by atoms with Gasteiger partial charge in [-0.15, -0.1) is 0 Å². The van der Waals surface area contributed by atoms with Gasteiger partial charge < -0.3 is 9.73 Å². The lowest BCUT2D eigenvalue weighted by Crippen LogP contribution is -2.34. The van der Waals surface area contributed by atoms with Gasteiger partial charge in [0.1, 0.15) is 0 Å². The smallest absolute Gasteiger partial charge is 0.408 e. The van der Waals surface area contributed by atoms with Crippen LogP contribution < -0.4 is 15.8 Å². The number of aromatic nitrogens is 1. The fourth-order valence-electron chi connectivity index (χ4n) is 1.91. The number of sulfonamides is 1. The zero-order valence-electron chi connectivity index (χ0n) is 12.2. The van der Waals surface area contributed by atoms with Crippen LogP contribution in [-0.4, -0.2) is 32.1 Å². The van der Waals surface area contributed by atoms with E-state index >= 15 is 0 Å². The SMILES string of the molecule is CC(C)NCCNS(=O)(=O)c1ccc2c(c1)oc(=O)n2C. The van der Waals surface area contributed by atoms with E-state index in [0.717, 1.165) is 0 Å². The highest BCUT2D eigenvalue weighted by Crippen LogP contribution is 2.17. The van der Waals surface area contributed by atoms with E-state index in [4.69, 9.17) is 4.42 Å². The summed E-state index contributed by atoms with van der Waals surface area (Å²) in [5, 5.41) is 3.12. The number of nitrogens with zero attached hydrogens (tertiary/aromatic N) is 1. The van der Waals surface area contributed by atoms with Crippen molar-refractivity contribution in [2.24, 2.45) is 7.05 Å². The highest BCUT2D eigenvalue weighted by atomic mass is 32.2. The van der Waals surface area contributed by atoms with Gasteiger partial charge in [0.15, 0.2) is 5.58 Å². The van der Waals surface area contributed by atoms with Gasteiger partial charge in [-0.3, -0.25) is 4.57 Å². The molecule has 0 bridgehead atoms. The topological polar surface area (TPSA) is 93.3 Å². The van der Waals surface area contributed by atoms with Gasteiger partial charge in [0.2, 0.25) is 10.0 Å². The maximum atomic E-state index is 12.1. The highest BCUT2D eigenvalue weighted by molar-refractivity contribution is 7.89. The van der Waals surface area contributed by atoms with Crippen LogP contribution in [0, 0.1) is 0 Å². The Morgan fingerprint density at radius 2 is 2.00 bits per heavy atom. The van der Waals surface area contributed by atoms with E-state index in [1.165, 1.54) is 16.7 Å². The molecule has 0 amide bonds. The van der Waals surface area contributed by atoms with Crippen LogP contribution in [0.4, 0.5) is 0 Å². The molecule has 0 saturated heterocycles. The molecule has 21 heavy (non-hydrogen) atoms. The van der Waals surface area contributed by atoms with Crippen LogP contribution >= 0.6 is 0 Å². The Bertz CT molecular complexity index is 789. The first-order valence-corrected chi connectivity index (χ1v) is 8.12. The van der Waals surface area contributed by atoms with Crippen molar-refractivity contribution >= 4 is 21.1 Å². The molecule has 2 aromatic rings. The molecule has 0 aliphatic carbocycles. The number of benzene rings is 1. The average Bonchev–Trinajstić information content (AvgIpc) is 2.70. The number of rotatable bonds is 6. The summed E-state index contributed by atoms with van der Waals surface area (Å²) in [6, 6.07) is 4.66. The Morgan fingerprint density at radius 1 is 1.29 bits per heavy atom. The van der Waals surface area contributed by atoms with Crippen LogP contribution in [0.25, 0.3) is 11.1 Å². The summed E-state index contributed by atoms with van der Waals surface area (Å²) in [5.41, 5.74) is 0.811. The van der Waals surface area contributed by atoms with E-state index in [2.05, 4.69) is 10.0 Å². The monoisotopic (exact) mass is 313 g/mol. The van der Waals surface area contributed by atoms with Crippen molar-refractivity contribution < 1.29 is 12.8 Å². The van der Waals surface area contributed by atoms with Crippen LogP contribution in [0.15, 0.2) is 32.3 Å². The van der Waals surface area contributed by atoms with Crippen LogP contribution in [0.2, 0.25) is 0 Å². The molecule has 2 N–H and O–H groups in total. The summed E-state index contributed by atoms with van der Waals surface area (Å²) in [6.45, 7) is 4.80. The third kappa shape index (κ3) is 3.52. The lowest BCUT2D eigenvalue weighted by Gasteiger charge is -2.09. The zero-order valence-corrected chi connectivity index (χ0v) is 13.0. The number of oxazole rings is 1. The molecule has 8 heteroatoms. The first-order valence-electron chi connectivity index (χ1n) is 6.64. The molecule has 0 saturated carbocycles. The molecule has 1 aromatic carbocycles. The fraction of sp³-hybridized carbons (Fsp3) is 0.462. The normalized spacial score (nSPS) is 12.4. The van der Waals surface area contributed by atoms with Crippen molar-refractivity contribution in [1.82, 2.24) is 14.6 Å². The molecule has 0 aliphatic heterocycles. The summed E-state index contributed by atoms with van der Waals surface area (Å²) >= 11 is 0. The largest absolute Gasteiger partial charge is 0.419 e. The van der Waals surface area contributed by atoms with Gasteiger partial charge in [0, 0.05) is 32.2 Å². The number of fused-ring (bicyclic) bond motifs is 1. The molecule has 0 aliphatic rings. The Morgan fingerprint density at radius 3 is 2.67 bits per heavy atom. The predicted octanol–water partition coefficient (Wildman–Crippen LogP) is 0.408. The van der Waals surface area contributed by atoms with E-state index in [1.54, 1.807) is 13.1 Å². The standard InChI is InChI=1S/C13H19N3O4S/c1-9(2)14-6-7-15-21(18,19)10-4-5-11-12(8-10)20-13(17)16(11)3/h4-5,8-9,14-15H,6-7H2,1-3H3. The predicted molar refractivity (Wildman–Crippen MR) is 79.8 cm³/mol. The summed E-state index contributed by atoms with van der Waals surface area (Å²) < 4.78 is 33.1. The Balaban J connectivity index is 2.18. The zero-order chi connectivity index (χ0) is 15.6. The molecule has 0 fully saturated rings. The molecule has 0 radical (unpaired) electrons. The minimum Gasteiger partial charge on any atom is -0.408 e. The third-order valence-corrected chi connectivity index (χ3v) is 4.50. The molecule has 0 spiro atoms. The third-order valence-electron chi connectivity index (χ3n) is 3.04. The second-order valence-corrected chi connectivity index (χ2v) is 6.83. The summed E-state index contributed by atoms with van der Waals surface area (Å²) in [4.78, 5) is 11.5. The first kappa shape index (κ1) is 15.7.